The van der Waals surface area contributed by atoms with Gasteiger partial charge in [-0.2, -0.15) is 0 Å². The first-order valence-corrected chi connectivity index (χ1v) is 7.72. The summed E-state index contributed by atoms with van der Waals surface area (Å²) in [6.45, 7) is 0. The summed E-state index contributed by atoms with van der Waals surface area (Å²) in [6, 6.07) is 18.1. The minimum Gasteiger partial charge on any atom is -0.282 e. The van der Waals surface area contributed by atoms with E-state index in [1.54, 1.807) is 24.3 Å². The molecule has 18 heavy (non-hydrogen) atoms. The summed E-state index contributed by atoms with van der Waals surface area (Å²) in [5, 5.41) is 1.25. The minimum atomic E-state index is -3.13. The van der Waals surface area contributed by atoms with Crippen LogP contribution < -0.4 is 16.5 Å². The van der Waals surface area contributed by atoms with Gasteiger partial charge in [-0.25, -0.2) is 5.90 Å². The van der Waals surface area contributed by atoms with Gasteiger partial charge in [-0.05, 0) is 24.3 Å². The maximum atomic E-state index is 13.0. The van der Waals surface area contributed by atoms with Gasteiger partial charge in [-0.1, -0.05) is 36.4 Å². The highest BCUT2D eigenvalue weighted by Gasteiger charge is 2.28. The zero-order valence-corrected chi connectivity index (χ0v) is 11.4. The molecule has 4 nitrogen and oxygen atoms in total. The van der Waals surface area contributed by atoms with Crippen molar-refractivity contribution in [2.45, 2.75) is 0 Å². The van der Waals surface area contributed by atoms with Crippen molar-refractivity contribution >= 4 is 27.0 Å². The highest BCUT2D eigenvalue weighted by atomic mass is 31.2. The Morgan fingerprint density at radius 3 is 1.72 bits per heavy atom. The van der Waals surface area contributed by atoms with E-state index in [-0.39, 0.29) is 0 Å². The number of hydrogen-bond donors (Lipinski definition) is 1. The molecule has 0 aromatic heterocycles. The molecule has 1 atom stereocenters. The number of rotatable bonds is 5. The zero-order valence-electron chi connectivity index (χ0n) is 9.52. The van der Waals surface area contributed by atoms with Crippen molar-refractivity contribution in [3.8, 4) is 0 Å². The Hall–Kier alpha value is -1.02. The number of hydrogen-bond acceptors (Lipinski definition) is 4. The highest BCUT2D eigenvalue weighted by Crippen LogP contribution is 2.49. The molecule has 0 amide bonds. The van der Waals surface area contributed by atoms with Crippen LogP contribution in [0.25, 0.3) is 0 Å². The fourth-order valence-electron chi connectivity index (χ4n) is 1.58. The lowest BCUT2D eigenvalue weighted by Gasteiger charge is -2.17. The predicted octanol–water partition coefficient (Wildman–Crippen LogP) is 2.33. The van der Waals surface area contributed by atoms with Gasteiger partial charge < -0.3 is 0 Å². The standard InChI is InChI=1S/C12H13NO3P2/c13-15-17-16-18(14,11-7-3-1-4-8-11)12-9-5-2-6-10-12/h1-10,17H,13H2. The van der Waals surface area contributed by atoms with Crippen molar-refractivity contribution in [2.24, 2.45) is 5.90 Å². The molecule has 0 aliphatic heterocycles. The molecular weight excluding hydrogens is 268 g/mol. The summed E-state index contributed by atoms with van der Waals surface area (Å²) in [7, 11) is -3.60. The van der Waals surface area contributed by atoms with Crippen molar-refractivity contribution in [3.05, 3.63) is 60.7 Å². The molecule has 6 heteroatoms. The monoisotopic (exact) mass is 281 g/mol. The van der Waals surface area contributed by atoms with Crippen LogP contribution in [0.1, 0.15) is 0 Å². The molecule has 94 valence electrons. The Morgan fingerprint density at radius 1 is 0.889 bits per heavy atom. The van der Waals surface area contributed by atoms with E-state index >= 15 is 0 Å². The average molecular weight is 281 g/mol. The first-order chi connectivity index (χ1) is 8.77. The summed E-state index contributed by atoms with van der Waals surface area (Å²) >= 11 is 0. The molecule has 0 aliphatic carbocycles. The second-order valence-corrected chi connectivity index (χ2v) is 6.78. The van der Waals surface area contributed by atoms with Crippen molar-refractivity contribution in [2.75, 3.05) is 0 Å². The number of nitrogens with two attached hydrogens (primary N) is 1. The molecule has 0 bridgehead atoms. The van der Waals surface area contributed by atoms with E-state index < -0.39 is 16.4 Å². The topological polar surface area (TPSA) is 61.6 Å². The van der Waals surface area contributed by atoms with Crippen LogP contribution in [0.4, 0.5) is 0 Å². The smallest absolute Gasteiger partial charge is 0.266 e. The minimum absolute atomic E-state index is 0.468. The second-order valence-electron chi connectivity index (χ2n) is 3.52. The molecule has 2 N–H and O–H groups in total. The van der Waals surface area contributed by atoms with E-state index in [0.29, 0.717) is 10.6 Å². The molecular formula is C12H13NO3P2. The Bertz CT molecular complexity index is 490. The van der Waals surface area contributed by atoms with E-state index in [4.69, 9.17) is 10.2 Å². The van der Waals surface area contributed by atoms with E-state index in [2.05, 4.69) is 4.62 Å². The van der Waals surface area contributed by atoms with Gasteiger partial charge in [0.2, 0.25) is 0 Å². The average Bonchev–Trinajstić information content (AvgIpc) is 2.46. The molecule has 0 fully saturated rings. The van der Waals surface area contributed by atoms with Gasteiger partial charge in [-0.15, -0.1) is 0 Å². The van der Waals surface area contributed by atoms with E-state index in [9.17, 15) is 4.57 Å². The lowest BCUT2D eigenvalue weighted by molar-refractivity contribution is 0.347. The summed E-state index contributed by atoms with van der Waals surface area (Å²) in [5.74, 6) is 4.96. The molecule has 0 spiro atoms. The molecule has 0 aliphatic rings. The zero-order chi connectivity index (χ0) is 12.8. The van der Waals surface area contributed by atoms with Crippen LogP contribution in [0.15, 0.2) is 60.7 Å². The molecule has 2 rings (SSSR count). The maximum absolute atomic E-state index is 13.0. The Kier molecular flexibility index (Phi) is 4.65. The molecule has 0 saturated carbocycles. The van der Waals surface area contributed by atoms with Crippen LogP contribution in [0, 0.1) is 0 Å². The van der Waals surface area contributed by atoms with E-state index in [1.165, 1.54) is 0 Å². The quantitative estimate of drug-likeness (QED) is 0.675. The van der Waals surface area contributed by atoms with Crippen molar-refractivity contribution in [1.82, 2.24) is 0 Å². The molecule has 2 aromatic carbocycles. The van der Waals surface area contributed by atoms with Crippen molar-refractivity contribution < 1.29 is 13.5 Å². The predicted molar refractivity (Wildman–Crippen MR) is 74.4 cm³/mol. The lowest BCUT2D eigenvalue weighted by atomic mass is 10.4. The Labute approximate surface area is 107 Å². The summed E-state index contributed by atoms with van der Waals surface area (Å²) < 4.78 is 22.8. The molecule has 0 radical (unpaired) electrons. The normalized spacial score (nSPS) is 12.1. The number of benzene rings is 2. The van der Waals surface area contributed by atoms with Crippen LogP contribution in [-0.4, -0.2) is 0 Å². The van der Waals surface area contributed by atoms with Crippen molar-refractivity contribution in [1.29, 1.82) is 0 Å². The summed E-state index contributed by atoms with van der Waals surface area (Å²) in [4.78, 5) is 0. The van der Waals surface area contributed by atoms with Gasteiger partial charge >= 0.3 is 0 Å². The second kappa shape index (κ2) is 6.24. The van der Waals surface area contributed by atoms with Gasteiger partial charge in [0.05, 0.1) is 0 Å². The molecule has 2 aromatic rings. The van der Waals surface area contributed by atoms with Crippen LogP contribution >= 0.6 is 16.4 Å². The maximum Gasteiger partial charge on any atom is 0.266 e. The van der Waals surface area contributed by atoms with Gasteiger partial charge in [-0.3, -0.25) is 13.5 Å². The van der Waals surface area contributed by atoms with Gasteiger partial charge in [0.25, 0.3) is 7.37 Å². The fraction of sp³-hybridized carbons (Fsp3) is 0. The largest absolute Gasteiger partial charge is 0.282 e. The van der Waals surface area contributed by atoms with Gasteiger partial charge in [0.15, 0.2) is 9.03 Å². The fourth-order valence-corrected chi connectivity index (χ4v) is 4.44. The third-order valence-electron chi connectivity index (χ3n) is 2.41. The first kappa shape index (κ1) is 13.4. The van der Waals surface area contributed by atoms with E-state index in [0.717, 1.165) is 0 Å². The third kappa shape index (κ3) is 2.86. The van der Waals surface area contributed by atoms with Crippen molar-refractivity contribution in [3.63, 3.8) is 0 Å². The molecule has 0 saturated heterocycles. The van der Waals surface area contributed by atoms with Crippen LogP contribution in [0.5, 0.6) is 0 Å². The van der Waals surface area contributed by atoms with E-state index in [1.807, 2.05) is 36.4 Å². The third-order valence-corrected chi connectivity index (χ3v) is 5.78. The summed E-state index contributed by atoms with van der Waals surface area (Å²) in [6.07, 6.45) is 0. The van der Waals surface area contributed by atoms with Crippen LogP contribution in [0.3, 0.4) is 0 Å². The Morgan fingerprint density at radius 2 is 1.33 bits per heavy atom. The lowest BCUT2D eigenvalue weighted by Crippen LogP contribution is -2.16. The first-order valence-electron chi connectivity index (χ1n) is 5.28. The van der Waals surface area contributed by atoms with Gasteiger partial charge in [0, 0.05) is 10.6 Å². The van der Waals surface area contributed by atoms with Crippen LogP contribution in [-0.2, 0) is 13.5 Å². The highest BCUT2D eigenvalue weighted by molar-refractivity contribution is 7.77. The Balaban J connectivity index is 2.45. The SMILES string of the molecule is NOPOP(=O)(c1ccccc1)c1ccccc1. The molecule has 0 heterocycles. The molecule has 1 unspecified atom stereocenters. The summed E-state index contributed by atoms with van der Waals surface area (Å²) in [5.41, 5.74) is 0. The van der Waals surface area contributed by atoms with Gasteiger partial charge in [0.1, 0.15) is 0 Å². The van der Waals surface area contributed by atoms with Crippen LogP contribution in [0.2, 0.25) is 0 Å².